The lowest BCUT2D eigenvalue weighted by atomic mass is 10.00. The van der Waals surface area contributed by atoms with Gasteiger partial charge in [0.2, 0.25) is 0 Å². The number of esters is 2. The van der Waals surface area contributed by atoms with E-state index < -0.39 is 71.2 Å². The molecule has 13 heteroatoms. The number of carbonyl (C=O) groups excluding carboxylic acids is 2. The Balaban J connectivity index is 2.34. The molecule has 4 N–H and O–H groups in total. The molecule has 12 nitrogen and oxygen atoms in total. The summed E-state index contributed by atoms with van der Waals surface area (Å²) in [5, 5.41) is 31.0. The lowest BCUT2D eigenvalue weighted by Crippen LogP contribution is -2.60. The fourth-order valence-corrected chi connectivity index (χ4v) is 8.79. The first-order valence-electron chi connectivity index (χ1n) is 26.5. The number of ether oxygens (including phenoxy) is 4. The molecule has 6 atom stereocenters. The van der Waals surface area contributed by atoms with Gasteiger partial charge >= 0.3 is 11.9 Å². The number of hydrogen-bond donors (Lipinski definition) is 4. The minimum atomic E-state index is -4.61. The highest BCUT2D eigenvalue weighted by Crippen LogP contribution is 2.24. The maximum absolute atomic E-state index is 12.8. The van der Waals surface area contributed by atoms with Crippen LogP contribution >= 0.6 is 0 Å². The molecule has 1 heterocycles. The van der Waals surface area contributed by atoms with E-state index >= 15 is 0 Å². The Kier molecular flexibility index (Phi) is 40.3. The molecule has 0 bridgehead atoms. The number of hydrogen-bond acceptors (Lipinski definition) is 11. The number of allylic oxidation sites excluding steroid dienone is 6. The van der Waals surface area contributed by atoms with Crippen LogP contribution < -0.4 is 0 Å². The van der Waals surface area contributed by atoms with Crippen molar-refractivity contribution in [3.8, 4) is 0 Å². The van der Waals surface area contributed by atoms with E-state index in [-0.39, 0.29) is 19.4 Å². The zero-order valence-corrected chi connectivity index (χ0v) is 42.4. The van der Waals surface area contributed by atoms with Gasteiger partial charge in [-0.15, -0.1) is 0 Å². The third-order valence-electron chi connectivity index (χ3n) is 12.2. The molecule has 386 valence electrons. The van der Waals surface area contributed by atoms with Crippen LogP contribution in [0.15, 0.2) is 36.5 Å². The second-order valence-corrected chi connectivity index (χ2v) is 20.0. The van der Waals surface area contributed by atoms with Gasteiger partial charge in [-0.3, -0.25) is 14.1 Å². The molecule has 1 aliphatic heterocycles. The molecule has 1 fully saturated rings. The molecule has 0 aromatic carbocycles. The van der Waals surface area contributed by atoms with Gasteiger partial charge in [0.25, 0.3) is 10.1 Å². The van der Waals surface area contributed by atoms with Gasteiger partial charge in [0.1, 0.15) is 36.8 Å². The lowest BCUT2D eigenvalue weighted by Gasteiger charge is -2.40. The molecule has 0 amide bonds. The van der Waals surface area contributed by atoms with Gasteiger partial charge in [0.05, 0.1) is 6.61 Å². The number of aliphatic hydroxyl groups excluding tert-OH is 3. The van der Waals surface area contributed by atoms with Gasteiger partial charge in [0, 0.05) is 12.8 Å². The van der Waals surface area contributed by atoms with Crippen LogP contribution in [0, 0.1) is 0 Å². The molecule has 0 aromatic rings. The van der Waals surface area contributed by atoms with Crippen LogP contribution in [0.5, 0.6) is 0 Å². The number of unbranched alkanes of at least 4 members (excludes halogenated alkanes) is 27. The normalized spacial score (nSPS) is 19.6. The molecular weight excluding hydrogens is 861 g/mol. The molecule has 1 aliphatic rings. The first kappa shape index (κ1) is 61.9. The fourth-order valence-electron chi connectivity index (χ4n) is 8.10. The largest absolute Gasteiger partial charge is 0.462 e. The molecular formula is C53H96O12S. The summed E-state index contributed by atoms with van der Waals surface area (Å²) in [6.45, 7) is 3.73. The van der Waals surface area contributed by atoms with Crippen molar-refractivity contribution in [3.63, 3.8) is 0 Å². The average molecular weight is 957 g/mol. The highest BCUT2D eigenvalue weighted by Gasteiger charge is 2.46. The van der Waals surface area contributed by atoms with Crippen LogP contribution in [-0.2, 0) is 38.7 Å². The summed E-state index contributed by atoms with van der Waals surface area (Å²) in [7, 11) is -4.61. The maximum atomic E-state index is 12.8. The van der Waals surface area contributed by atoms with Gasteiger partial charge in [-0.1, -0.05) is 204 Å². The Labute approximate surface area is 401 Å². The summed E-state index contributed by atoms with van der Waals surface area (Å²) < 4.78 is 54.2. The third-order valence-corrected chi connectivity index (χ3v) is 13.0. The highest BCUT2D eigenvalue weighted by atomic mass is 32.2. The molecule has 2 unspecified atom stereocenters. The molecule has 66 heavy (non-hydrogen) atoms. The van der Waals surface area contributed by atoms with Crippen molar-refractivity contribution in [1.29, 1.82) is 0 Å². The summed E-state index contributed by atoms with van der Waals surface area (Å²) in [5.74, 6) is -2.02. The van der Waals surface area contributed by atoms with Crippen LogP contribution in [0.1, 0.15) is 232 Å². The van der Waals surface area contributed by atoms with Crippen LogP contribution in [-0.4, -0.2) is 96.0 Å². The summed E-state index contributed by atoms with van der Waals surface area (Å²) in [6, 6.07) is 0. The van der Waals surface area contributed by atoms with Gasteiger partial charge in [-0.05, 0) is 51.4 Å². The van der Waals surface area contributed by atoms with Crippen molar-refractivity contribution >= 4 is 22.1 Å². The molecule has 1 saturated heterocycles. The second kappa shape index (κ2) is 42.9. The topological polar surface area (TPSA) is 186 Å². The molecule has 0 spiro atoms. The Hall–Kier alpha value is -2.13. The smallest absolute Gasteiger partial charge is 0.306 e. The van der Waals surface area contributed by atoms with E-state index in [0.29, 0.717) is 12.8 Å². The van der Waals surface area contributed by atoms with Gasteiger partial charge < -0.3 is 34.3 Å². The number of aliphatic hydroxyl groups is 3. The standard InChI is InChI=1S/C53H96O12S/c1-3-5-7-9-11-13-15-17-19-20-21-22-23-24-25-26-28-29-31-33-35-37-39-41-48(54)62-43-46(44-63-53-52(58)51(57)50(56)47(65-53)45-66(59,60)61)64-49(55)42-40-38-36-34-32-30-27-18-16-14-12-10-8-6-4-2/h12,14,18,27,32,34,46-47,50-53,56-58H,3-11,13,15-17,19-26,28-31,33,35-45H2,1-2H3,(H,59,60,61)/b14-12+,27-18+,34-32+/t46-,47-,50-,51?,52?,53+/m1/s1. The van der Waals surface area contributed by atoms with Crippen molar-refractivity contribution in [3.05, 3.63) is 36.5 Å². The fraction of sp³-hybridized carbons (Fsp3) is 0.849. The zero-order valence-electron chi connectivity index (χ0n) is 41.6. The molecule has 0 saturated carbocycles. The highest BCUT2D eigenvalue weighted by molar-refractivity contribution is 7.85. The quantitative estimate of drug-likeness (QED) is 0.0196. The van der Waals surface area contributed by atoms with E-state index in [1.165, 1.54) is 141 Å². The van der Waals surface area contributed by atoms with E-state index in [9.17, 15) is 37.9 Å². The zero-order chi connectivity index (χ0) is 48.4. The van der Waals surface area contributed by atoms with E-state index in [0.717, 1.165) is 51.4 Å². The first-order chi connectivity index (χ1) is 32.0. The second-order valence-electron chi connectivity index (χ2n) is 18.5. The van der Waals surface area contributed by atoms with Crippen molar-refractivity contribution in [1.82, 2.24) is 0 Å². The van der Waals surface area contributed by atoms with Crippen LogP contribution in [0.25, 0.3) is 0 Å². The summed E-state index contributed by atoms with van der Waals surface area (Å²) >= 11 is 0. The summed E-state index contributed by atoms with van der Waals surface area (Å²) in [6.07, 6.45) is 42.0. The predicted molar refractivity (Wildman–Crippen MR) is 266 cm³/mol. The first-order valence-corrected chi connectivity index (χ1v) is 28.2. The predicted octanol–water partition coefficient (Wildman–Crippen LogP) is 12.1. The van der Waals surface area contributed by atoms with E-state index in [1.807, 2.05) is 0 Å². The number of rotatable bonds is 45. The van der Waals surface area contributed by atoms with E-state index in [2.05, 4.69) is 50.3 Å². The Morgan fingerprint density at radius 1 is 0.515 bits per heavy atom. The van der Waals surface area contributed by atoms with Crippen molar-refractivity contribution in [2.45, 2.75) is 269 Å². The Morgan fingerprint density at radius 3 is 1.38 bits per heavy atom. The minimum absolute atomic E-state index is 0.117. The monoisotopic (exact) mass is 957 g/mol. The van der Waals surface area contributed by atoms with Gasteiger partial charge in [0.15, 0.2) is 12.4 Å². The van der Waals surface area contributed by atoms with Crippen molar-refractivity contribution < 1.29 is 56.8 Å². The summed E-state index contributed by atoms with van der Waals surface area (Å²) in [4.78, 5) is 25.5. The molecule has 0 aromatic heterocycles. The molecule has 1 rings (SSSR count). The average Bonchev–Trinajstić information content (AvgIpc) is 3.28. The van der Waals surface area contributed by atoms with E-state index in [4.69, 9.17) is 18.9 Å². The lowest BCUT2D eigenvalue weighted by molar-refractivity contribution is -0.297. The summed E-state index contributed by atoms with van der Waals surface area (Å²) in [5.41, 5.74) is 0. The van der Waals surface area contributed by atoms with Crippen molar-refractivity contribution in [2.24, 2.45) is 0 Å². The Bertz CT molecular complexity index is 1350. The van der Waals surface area contributed by atoms with Gasteiger partial charge in [-0.2, -0.15) is 8.42 Å². The van der Waals surface area contributed by atoms with Crippen LogP contribution in [0.2, 0.25) is 0 Å². The Morgan fingerprint density at radius 2 is 0.909 bits per heavy atom. The third kappa shape index (κ3) is 36.9. The van der Waals surface area contributed by atoms with Crippen molar-refractivity contribution in [2.75, 3.05) is 19.0 Å². The van der Waals surface area contributed by atoms with E-state index in [1.54, 1.807) is 0 Å². The molecule has 0 radical (unpaired) electrons. The van der Waals surface area contributed by atoms with Crippen LogP contribution in [0.3, 0.4) is 0 Å². The molecule has 0 aliphatic carbocycles. The van der Waals surface area contributed by atoms with Crippen LogP contribution in [0.4, 0.5) is 0 Å². The SMILES string of the molecule is CCCCC/C=C/C/C=C/C/C=C/CCCCC(=O)O[C@H](COC(=O)CCCCCCCCCCCCCCCCCCCCCCCCC)CO[C@H]1O[C@H](CS(=O)(=O)O)[C@@H](O)C(O)C1O. The van der Waals surface area contributed by atoms with Gasteiger partial charge in [-0.25, -0.2) is 0 Å². The maximum Gasteiger partial charge on any atom is 0.306 e. The minimum Gasteiger partial charge on any atom is -0.462 e. The number of carbonyl (C=O) groups is 2.